The zero-order valence-electron chi connectivity index (χ0n) is 15.0. The van der Waals surface area contributed by atoms with Gasteiger partial charge in [0.1, 0.15) is 0 Å². The molecule has 4 aliphatic rings. The van der Waals surface area contributed by atoms with E-state index in [2.05, 4.69) is 27.4 Å². The number of ether oxygens (including phenoxy) is 2. The standard InChI is InChI=1S/C17H33N5O2/c1-2-18-17(19-5-3-10-24-16-4-11-23-14-16)20-12-15-13-21-6-8-22(15)9-7-21/h15-16H,2-14H2,1H3,(H2,18,19,20). The molecule has 0 aromatic heterocycles. The third kappa shape index (κ3) is 5.31. The Morgan fingerprint density at radius 3 is 2.79 bits per heavy atom. The number of aliphatic imine (C=N–C) groups is 1. The van der Waals surface area contributed by atoms with E-state index in [9.17, 15) is 0 Å². The van der Waals surface area contributed by atoms with Gasteiger partial charge in [0.2, 0.25) is 0 Å². The Hall–Kier alpha value is -0.890. The van der Waals surface area contributed by atoms with E-state index in [4.69, 9.17) is 14.5 Å². The number of guanidine groups is 1. The highest BCUT2D eigenvalue weighted by Gasteiger charge is 2.31. The summed E-state index contributed by atoms with van der Waals surface area (Å²) in [6.45, 7) is 13.2. The van der Waals surface area contributed by atoms with Gasteiger partial charge >= 0.3 is 0 Å². The van der Waals surface area contributed by atoms with Crippen LogP contribution in [0.3, 0.4) is 0 Å². The summed E-state index contributed by atoms with van der Waals surface area (Å²) in [7, 11) is 0. The van der Waals surface area contributed by atoms with Crippen LogP contribution in [-0.4, -0.2) is 100 Å². The van der Waals surface area contributed by atoms with Crippen LogP contribution in [0.15, 0.2) is 4.99 Å². The van der Waals surface area contributed by atoms with Gasteiger partial charge in [-0.15, -0.1) is 0 Å². The van der Waals surface area contributed by atoms with Crippen LogP contribution >= 0.6 is 0 Å². The van der Waals surface area contributed by atoms with Gasteiger partial charge in [-0.3, -0.25) is 14.8 Å². The molecule has 24 heavy (non-hydrogen) atoms. The van der Waals surface area contributed by atoms with Gasteiger partial charge in [0.25, 0.3) is 0 Å². The fraction of sp³-hybridized carbons (Fsp3) is 0.941. The van der Waals surface area contributed by atoms with E-state index in [-0.39, 0.29) is 0 Å². The van der Waals surface area contributed by atoms with Gasteiger partial charge in [0, 0.05) is 65.1 Å². The van der Waals surface area contributed by atoms with E-state index in [1.807, 2.05) is 0 Å². The highest BCUT2D eigenvalue weighted by Crippen LogP contribution is 2.15. The second-order valence-corrected chi connectivity index (χ2v) is 6.85. The molecule has 0 aliphatic carbocycles. The zero-order valence-corrected chi connectivity index (χ0v) is 15.0. The summed E-state index contributed by atoms with van der Waals surface area (Å²) in [6.07, 6.45) is 2.33. The number of rotatable bonds is 8. The molecule has 0 saturated carbocycles. The normalized spacial score (nSPS) is 33.0. The minimum Gasteiger partial charge on any atom is -0.379 e. The lowest BCUT2D eigenvalue weighted by Crippen LogP contribution is -2.62. The van der Waals surface area contributed by atoms with Crippen molar-refractivity contribution in [3.05, 3.63) is 0 Å². The van der Waals surface area contributed by atoms with Crippen LogP contribution < -0.4 is 10.6 Å². The van der Waals surface area contributed by atoms with E-state index < -0.39 is 0 Å². The van der Waals surface area contributed by atoms with Crippen molar-refractivity contribution in [1.82, 2.24) is 20.4 Å². The molecule has 0 aromatic rings. The molecule has 138 valence electrons. The molecule has 0 radical (unpaired) electrons. The minimum absolute atomic E-state index is 0.303. The van der Waals surface area contributed by atoms with Gasteiger partial charge in [-0.2, -0.15) is 0 Å². The average molecular weight is 339 g/mol. The highest BCUT2D eigenvalue weighted by atomic mass is 16.5. The Morgan fingerprint density at radius 1 is 1.25 bits per heavy atom. The second-order valence-electron chi connectivity index (χ2n) is 6.85. The lowest BCUT2D eigenvalue weighted by atomic mass is 10.1. The molecule has 4 heterocycles. The average Bonchev–Trinajstić information content (AvgIpc) is 3.14. The number of hydrogen-bond acceptors (Lipinski definition) is 5. The lowest BCUT2D eigenvalue weighted by molar-refractivity contribution is 0.0174. The van der Waals surface area contributed by atoms with E-state index in [1.54, 1.807) is 0 Å². The Morgan fingerprint density at radius 2 is 2.12 bits per heavy atom. The monoisotopic (exact) mass is 339 g/mol. The molecular weight excluding hydrogens is 306 g/mol. The second kappa shape index (κ2) is 9.56. The summed E-state index contributed by atoms with van der Waals surface area (Å²) in [5.41, 5.74) is 0. The molecule has 2 bridgehead atoms. The SMILES string of the molecule is CCNC(=NCC1CN2CCN1CC2)NCCCOC1CCOC1. The van der Waals surface area contributed by atoms with Gasteiger partial charge in [0.15, 0.2) is 5.96 Å². The third-order valence-corrected chi connectivity index (χ3v) is 5.05. The number of piperazine rings is 3. The molecule has 4 saturated heterocycles. The molecule has 2 N–H and O–H groups in total. The Bertz CT molecular complexity index is 392. The van der Waals surface area contributed by atoms with Gasteiger partial charge in [0.05, 0.1) is 19.3 Å². The third-order valence-electron chi connectivity index (χ3n) is 5.05. The number of hydrogen-bond donors (Lipinski definition) is 2. The summed E-state index contributed by atoms with van der Waals surface area (Å²) >= 11 is 0. The topological polar surface area (TPSA) is 61.4 Å². The number of nitrogens with one attached hydrogen (secondary N) is 2. The maximum Gasteiger partial charge on any atom is 0.191 e. The van der Waals surface area contributed by atoms with E-state index in [1.165, 1.54) is 32.7 Å². The van der Waals surface area contributed by atoms with Crippen molar-refractivity contribution in [3.63, 3.8) is 0 Å². The fourth-order valence-corrected chi connectivity index (χ4v) is 3.61. The maximum atomic E-state index is 5.80. The van der Waals surface area contributed by atoms with Crippen molar-refractivity contribution >= 4 is 5.96 Å². The summed E-state index contributed by atoms with van der Waals surface area (Å²) in [6, 6.07) is 0.577. The first-order chi connectivity index (χ1) is 11.8. The van der Waals surface area contributed by atoms with Crippen molar-refractivity contribution in [2.45, 2.75) is 31.9 Å². The van der Waals surface area contributed by atoms with Gasteiger partial charge in [-0.25, -0.2) is 0 Å². The van der Waals surface area contributed by atoms with Crippen LogP contribution in [-0.2, 0) is 9.47 Å². The van der Waals surface area contributed by atoms with Crippen molar-refractivity contribution in [2.24, 2.45) is 4.99 Å². The van der Waals surface area contributed by atoms with E-state index in [0.29, 0.717) is 12.1 Å². The molecular formula is C17H33N5O2. The van der Waals surface area contributed by atoms with Gasteiger partial charge in [-0.05, 0) is 19.8 Å². The Balaban J connectivity index is 1.34. The predicted molar refractivity (Wildman–Crippen MR) is 95.6 cm³/mol. The van der Waals surface area contributed by atoms with Crippen LogP contribution in [0.4, 0.5) is 0 Å². The lowest BCUT2D eigenvalue weighted by Gasteiger charge is -2.47. The maximum absolute atomic E-state index is 5.80. The predicted octanol–water partition coefficient (Wildman–Crippen LogP) is -0.263. The molecule has 2 unspecified atom stereocenters. The summed E-state index contributed by atoms with van der Waals surface area (Å²) in [5, 5.41) is 6.77. The van der Waals surface area contributed by atoms with Crippen LogP contribution in [0, 0.1) is 0 Å². The van der Waals surface area contributed by atoms with E-state index in [0.717, 1.165) is 58.3 Å². The van der Waals surface area contributed by atoms with Crippen molar-refractivity contribution in [2.75, 3.05) is 72.2 Å². The van der Waals surface area contributed by atoms with E-state index >= 15 is 0 Å². The molecule has 4 aliphatic heterocycles. The number of nitrogens with zero attached hydrogens (tertiary/aromatic N) is 3. The van der Waals surface area contributed by atoms with Gasteiger partial charge < -0.3 is 20.1 Å². The van der Waals surface area contributed by atoms with Crippen molar-refractivity contribution in [3.8, 4) is 0 Å². The van der Waals surface area contributed by atoms with Crippen LogP contribution in [0.1, 0.15) is 19.8 Å². The largest absolute Gasteiger partial charge is 0.379 e. The quantitative estimate of drug-likeness (QED) is 0.361. The summed E-state index contributed by atoms with van der Waals surface area (Å²) in [5.74, 6) is 0.930. The first-order valence-electron chi connectivity index (χ1n) is 9.53. The highest BCUT2D eigenvalue weighted by molar-refractivity contribution is 5.79. The molecule has 0 aromatic carbocycles. The molecule has 0 amide bonds. The minimum atomic E-state index is 0.303. The molecule has 7 nitrogen and oxygen atoms in total. The Labute approximate surface area is 145 Å². The molecule has 4 rings (SSSR count). The van der Waals surface area contributed by atoms with Crippen LogP contribution in [0.25, 0.3) is 0 Å². The summed E-state index contributed by atoms with van der Waals surface area (Å²) in [4.78, 5) is 9.94. The summed E-state index contributed by atoms with van der Waals surface area (Å²) < 4.78 is 11.1. The van der Waals surface area contributed by atoms with Crippen LogP contribution in [0.2, 0.25) is 0 Å². The smallest absolute Gasteiger partial charge is 0.191 e. The fourth-order valence-electron chi connectivity index (χ4n) is 3.61. The molecule has 2 atom stereocenters. The van der Waals surface area contributed by atoms with Crippen molar-refractivity contribution < 1.29 is 9.47 Å². The van der Waals surface area contributed by atoms with Gasteiger partial charge in [-0.1, -0.05) is 0 Å². The molecule has 4 fully saturated rings. The molecule has 7 heteroatoms. The first kappa shape index (κ1) is 17.9. The zero-order chi connectivity index (χ0) is 16.6. The van der Waals surface area contributed by atoms with Crippen molar-refractivity contribution in [1.29, 1.82) is 0 Å². The molecule has 0 spiro atoms. The van der Waals surface area contributed by atoms with Crippen LogP contribution in [0.5, 0.6) is 0 Å². The number of fused-ring (bicyclic) bond motifs is 3. The first-order valence-corrected chi connectivity index (χ1v) is 9.53. The Kier molecular flexibility index (Phi) is 7.13.